The van der Waals surface area contributed by atoms with Crippen molar-refractivity contribution in [2.75, 3.05) is 13.1 Å². The summed E-state index contributed by atoms with van der Waals surface area (Å²) in [7, 11) is 0. The summed E-state index contributed by atoms with van der Waals surface area (Å²) in [5.41, 5.74) is 0.968. The molecule has 0 bridgehead atoms. The highest BCUT2D eigenvalue weighted by molar-refractivity contribution is 6.22. The molecule has 2 aromatic rings. The monoisotopic (exact) mass is 433 g/mol. The fourth-order valence-electron chi connectivity index (χ4n) is 4.25. The van der Waals surface area contributed by atoms with Crippen LogP contribution in [0, 0.1) is 0 Å². The molecule has 0 aliphatic carbocycles. The van der Waals surface area contributed by atoms with E-state index in [9.17, 15) is 19.2 Å². The normalized spacial score (nSPS) is 16.8. The summed E-state index contributed by atoms with van der Waals surface area (Å²) in [6.07, 6.45) is 1.31. The van der Waals surface area contributed by atoms with E-state index >= 15 is 0 Å². The van der Waals surface area contributed by atoms with E-state index in [-0.39, 0.29) is 35.2 Å². The zero-order valence-electron chi connectivity index (χ0n) is 18.6. The molecule has 4 amide bonds. The summed E-state index contributed by atoms with van der Waals surface area (Å²) < 4.78 is 0. The zero-order chi connectivity index (χ0) is 23.0. The fourth-order valence-corrected chi connectivity index (χ4v) is 4.25. The van der Waals surface area contributed by atoms with Crippen molar-refractivity contribution in [2.24, 2.45) is 0 Å². The molecular weight excluding hydrogens is 406 g/mol. The smallest absolute Gasteiger partial charge is 0.262 e. The molecule has 2 aromatic carbocycles. The number of piperidine rings is 1. The van der Waals surface area contributed by atoms with E-state index in [1.807, 2.05) is 18.2 Å². The van der Waals surface area contributed by atoms with Crippen LogP contribution in [-0.4, -0.2) is 58.1 Å². The third-order valence-electron chi connectivity index (χ3n) is 5.96. The van der Waals surface area contributed by atoms with Crippen molar-refractivity contribution >= 4 is 23.6 Å². The van der Waals surface area contributed by atoms with Gasteiger partial charge in [-0.3, -0.25) is 24.1 Å². The zero-order valence-corrected chi connectivity index (χ0v) is 18.6. The maximum atomic E-state index is 12.8. The summed E-state index contributed by atoms with van der Waals surface area (Å²) in [5.74, 6) is -0.990. The molecule has 7 nitrogen and oxygen atoms in total. The molecule has 2 aliphatic heterocycles. The highest BCUT2D eigenvalue weighted by atomic mass is 16.2. The molecule has 0 unspecified atom stereocenters. The van der Waals surface area contributed by atoms with Gasteiger partial charge in [0.1, 0.15) is 0 Å². The number of benzene rings is 2. The molecule has 166 valence electrons. The molecule has 0 spiro atoms. The van der Waals surface area contributed by atoms with Crippen LogP contribution in [0.3, 0.4) is 0 Å². The SMILES string of the molecule is CC(C)(C)N1C(=O)c2ccc(C(=O)NC3CCN(C(=O)c4ccccc4)CC3)cc2C1=O. The van der Waals surface area contributed by atoms with Gasteiger partial charge in [-0.15, -0.1) is 0 Å². The number of hydrogen-bond acceptors (Lipinski definition) is 4. The molecule has 0 aromatic heterocycles. The van der Waals surface area contributed by atoms with Gasteiger partial charge in [-0.2, -0.15) is 0 Å². The first-order valence-corrected chi connectivity index (χ1v) is 10.8. The minimum Gasteiger partial charge on any atom is -0.349 e. The van der Waals surface area contributed by atoms with Gasteiger partial charge in [0.25, 0.3) is 23.6 Å². The molecule has 7 heteroatoms. The standard InChI is InChI=1S/C25H27N3O4/c1-25(2,3)28-23(31)19-10-9-17(15-20(19)24(28)32)21(29)26-18-11-13-27(14-12-18)22(30)16-7-5-4-6-8-16/h4-10,15,18H,11-14H2,1-3H3,(H,26,29). The van der Waals surface area contributed by atoms with Gasteiger partial charge in [-0.25, -0.2) is 0 Å². The number of imide groups is 1. The van der Waals surface area contributed by atoms with E-state index in [1.165, 1.54) is 11.0 Å². The predicted octanol–water partition coefficient (Wildman–Crippen LogP) is 3.12. The lowest BCUT2D eigenvalue weighted by molar-refractivity contribution is 0.0507. The van der Waals surface area contributed by atoms with Crippen molar-refractivity contribution in [1.82, 2.24) is 15.1 Å². The second kappa shape index (κ2) is 8.22. The van der Waals surface area contributed by atoms with Gasteiger partial charge in [0.15, 0.2) is 0 Å². The Bertz CT molecular complexity index is 1080. The van der Waals surface area contributed by atoms with Crippen LogP contribution in [-0.2, 0) is 0 Å². The van der Waals surface area contributed by atoms with Crippen molar-refractivity contribution < 1.29 is 19.2 Å². The number of carbonyl (C=O) groups is 4. The van der Waals surface area contributed by atoms with Crippen molar-refractivity contribution in [3.05, 3.63) is 70.8 Å². The summed E-state index contributed by atoms with van der Waals surface area (Å²) in [6.45, 7) is 6.54. The van der Waals surface area contributed by atoms with Gasteiger partial charge in [0.05, 0.1) is 11.1 Å². The molecule has 1 fully saturated rings. The highest BCUT2D eigenvalue weighted by Gasteiger charge is 2.42. The van der Waals surface area contributed by atoms with E-state index < -0.39 is 5.54 Å². The lowest BCUT2D eigenvalue weighted by Crippen LogP contribution is -2.46. The van der Waals surface area contributed by atoms with E-state index in [1.54, 1.807) is 49.9 Å². The van der Waals surface area contributed by atoms with E-state index in [2.05, 4.69) is 5.32 Å². The van der Waals surface area contributed by atoms with Gasteiger partial charge in [-0.1, -0.05) is 18.2 Å². The maximum absolute atomic E-state index is 12.8. The molecule has 1 saturated heterocycles. The topological polar surface area (TPSA) is 86.8 Å². The van der Waals surface area contributed by atoms with Gasteiger partial charge >= 0.3 is 0 Å². The van der Waals surface area contributed by atoms with Crippen molar-refractivity contribution in [1.29, 1.82) is 0 Å². The van der Waals surface area contributed by atoms with Crippen LogP contribution in [0.15, 0.2) is 48.5 Å². The Balaban J connectivity index is 1.39. The Morgan fingerprint density at radius 3 is 2.12 bits per heavy atom. The first-order chi connectivity index (χ1) is 15.2. The van der Waals surface area contributed by atoms with Crippen LogP contribution in [0.4, 0.5) is 0 Å². The molecule has 0 saturated carbocycles. The predicted molar refractivity (Wildman–Crippen MR) is 120 cm³/mol. The number of nitrogens with one attached hydrogen (secondary N) is 1. The Morgan fingerprint density at radius 1 is 0.875 bits per heavy atom. The molecule has 2 aliphatic rings. The maximum Gasteiger partial charge on any atom is 0.262 e. The lowest BCUT2D eigenvalue weighted by atomic mass is 10.0. The number of amides is 4. The fraction of sp³-hybridized carbons (Fsp3) is 0.360. The average molecular weight is 434 g/mol. The molecule has 32 heavy (non-hydrogen) atoms. The van der Waals surface area contributed by atoms with Crippen LogP contribution in [0.25, 0.3) is 0 Å². The summed E-state index contributed by atoms with van der Waals surface area (Å²) in [5, 5.41) is 3.01. The third kappa shape index (κ3) is 4.02. The third-order valence-corrected chi connectivity index (χ3v) is 5.96. The number of rotatable bonds is 3. The largest absolute Gasteiger partial charge is 0.349 e. The number of hydrogen-bond donors (Lipinski definition) is 1. The second-order valence-electron chi connectivity index (χ2n) is 9.28. The van der Waals surface area contributed by atoms with Crippen LogP contribution in [0.2, 0.25) is 0 Å². The van der Waals surface area contributed by atoms with Crippen molar-refractivity contribution in [3.8, 4) is 0 Å². The van der Waals surface area contributed by atoms with Crippen molar-refractivity contribution in [3.63, 3.8) is 0 Å². The number of carbonyl (C=O) groups excluding carboxylic acids is 4. The minimum atomic E-state index is -0.638. The van der Waals surface area contributed by atoms with Crippen LogP contribution >= 0.6 is 0 Å². The number of likely N-dealkylation sites (tertiary alicyclic amines) is 1. The number of fused-ring (bicyclic) bond motifs is 1. The quantitative estimate of drug-likeness (QED) is 0.754. The highest BCUT2D eigenvalue weighted by Crippen LogP contribution is 2.30. The molecule has 2 heterocycles. The van der Waals surface area contributed by atoms with E-state index in [0.717, 1.165) is 0 Å². The Labute approximate surface area is 187 Å². The first kappa shape index (κ1) is 21.7. The summed E-state index contributed by atoms with van der Waals surface area (Å²) in [4.78, 5) is 53.8. The lowest BCUT2D eigenvalue weighted by Gasteiger charge is -2.32. The minimum absolute atomic E-state index is 0.000538. The van der Waals surface area contributed by atoms with Crippen molar-refractivity contribution in [2.45, 2.75) is 45.2 Å². The van der Waals surface area contributed by atoms with Crippen LogP contribution < -0.4 is 5.32 Å². The summed E-state index contributed by atoms with van der Waals surface area (Å²) >= 11 is 0. The Hall–Kier alpha value is -3.48. The molecule has 1 N–H and O–H groups in total. The average Bonchev–Trinajstić information content (AvgIpc) is 3.04. The molecule has 0 atom stereocenters. The van der Waals surface area contributed by atoms with Crippen LogP contribution in [0.1, 0.15) is 75.0 Å². The van der Waals surface area contributed by atoms with Gasteiger partial charge < -0.3 is 10.2 Å². The molecule has 4 rings (SSSR count). The summed E-state index contributed by atoms with van der Waals surface area (Å²) in [6, 6.07) is 13.8. The van der Waals surface area contributed by atoms with Gasteiger partial charge in [-0.05, 0) is 63.9 Å². The van der Waals surface area contributed by atoms with Gasteiger partial charge in [0, 0.05) is 35.8 Å². The molecule has 0 radical (unpaired) electrons. The molecular formula is C25H27N3O4. The van der Waals surface area contributed by atoms with Gasteiger partial charge in [0.2, 0.25) is 0 Å². The van der Waals surface area contributed by atoms with E-state index in [0.29, 0.717) is 42.6 Å². The Kier molecular flexibility index (Phi) is 5.59. The van der Waals surface area contributed by atoms with Crippen LogP contribution in [0.5, 0.6) is 0 Å². The first-order valence-electron chi connectivity index (χ1n) is 10.8. The second-order valence-corrected chi connectivity index (χ2v) is 9.28. The van der Waals surface area contributed by atoms with E-state index in [4.69, 9.17) is 0 Å². The Morgan fingerprint density at radius 2 is 1.50 bits per heavy atom. The number of nitrogens with zero attached hydrogens (tertiary/aromatic N) is 2.